The smallest absolute Gasteiger partial charge is 0.310 e. The predicted octanol–water partition coefficient (Wildman–Crippen LogP) is 1.43. The Morgan fingerprint density at radius 1 is 1.67 bits per heavy atom. The molecule has 0 fully saturated rings. The molecule has 2 heteroatoms. The second-order valence-electron chi connectivity index (χ2n) is 2.30. The number of rotatable bonds is 1. The Morgan fingerprint density at radius 2 is 2.44 bits per heavy atom. The number of carboxylic acids is 1. The predicted molar refractivity (Wildman–Crippen MR) is 34.1 cm³/mol. The third-order valence-corrected chi connectivity index (χ3v) is 1.57. The van der Waals surface area contributed by atoms with E-state index in [-0.39, 0.29) is 5.92 Å². The molecule has 2 nitrogen and oxygen atoms in total. The molecule has 1 atom stereocenters. The van der Waals surface area contributed by atoms with E-state index in [2.05, 4.69) is 0 Å². The van der Waals surface area contributed by atoms with E-state index in [0.29, 0.717) is 0 Å². The van der Waals surface area contributed by atoms with Crippen molar-refractivity contribution < 1.29 is 9.90 Å². The van der Waals surface area contributed by atoms with Crippen molar-refractivity contribution in [2.75, 3.05) is 0 Å². The third-order valence-electron chi connectivity index (χ3n) is 1.57. The lowest BCUT2D eigenvalue weighted by atomic mass is 9.96. The number of hydrogen-bond acceptors (Lipinski definition) is 1. The zero-order valence-electron chi connectivity index (χ0n) is 5.21. The minimum absolute atomic E-state index is 0.209. The van der Waals surface area contributed by atoms with Gasteiger partial charge in [-0.25, -0.2) is 0 Å². The number of hydrogen-bond donors (Lipinski definition) is 1. The van der Waals surface area contributed by atoms with Crippen molar-refractivity contribution in [2.45, 2.75) is 19.3 Å². The second kappa shape index (κ2) is 2.67. The fourth-order valence-corrected chi connectivity index (χ4v) is 1.02. The van der Waals surface area contributed by atoms with Gasteiger partial charge in [-0.2, -0.15) is 0 Å². The van der Waals surface area contributed by atoms with E-state index in [9.17, 15) is 4.79 Å². The Hall–Kier alpha value is -0.790. The standard InChI is InChI=1S/C7H10O2/c8-7(9)6-4-2-1-3-5-6/h2,4,6H,1,3,5H2,(H,8,9). The van der Waals surface area contributed by atoms with Gasteiger partial charge in [0.2, 0.25) is 0 Å². The molecule has 0 aromatic heterocycles. The van der Waals surface area contributed by atoms with Crippen molar-refractivity contribution in [3.63, 3.8) is 0 Å². The highest BCUT2D eigenvalue weighted by molar-refractivity contribution is 5.72. The summed E-state index contributed by atoms with van der Waals surface area (Å²) in [6, 6.07) is 0. The van der Waals surface area contributed by atoms with E-state index in [4.69, 9.17) is 5.11 Å². The fraction of sp³-hybridized carbons (Fsp3) is 0.571. The number of aliphatic carboxylic acids is 1. The summed E-state index contributed by atoms with van der Waals surface area (Å²) in [7, 11) is 0. The molecule has 50 valence electrons. The monoisotopic (exact) mass is 126 g/mol. The molecule has 0 bridgehead atoms. The molecule has 0 spiro atoms. The third kappa shape index (κ3) is 1.56. The first-order chi connectivity index (χ1) is 4.30. The average Bonchev–Trinajstić information content (AvgIpc) is 1.90. The molecule has 0 radical (unpaired) electrons. The molecule has 0 aromatic carbocycles. The summed E-state index contributed by atoms with van der Waals surface area (Å²) in [6.07, 6.45) is 6.61. The first-order valence-electron chi connectivity index (χ1n) is 3.20. The maximum absolute atomic E-state index is 10.3. The van der Waals surface area contributed by atoms with Crippen LogP contribution >= 0.6 is 0 Å². The molecule has 1 unspecified atom stereocenters. The number of carboxylic acid groups (broad SMARTS) is 1. The molecule has 0 saturated carbocycles. The topological polar surface area (TPSA) is 37.3 Å². The van der Waals surface area contributed by atoms with Crippen molar-refractivity contribution in [3.8, 4) is 0 Å². The van der Waals surface area contributed by atoms with Gasteiger partial charge in [-0.15, -0.1) is 0 Å². The molecular weight excluding hydrogens is 116 g/mol. The normalized spacial score (nSPS) is 26.0. The van der Waals surface area contributed by atoms with E-state index >= 15 is 0 Å². The molecule has 9 heavy (non-hydrogen) atoms. The van der Waals surface area contributed by atoms with Crippen LogP contribution in [0.25, 0.3) is 0 Å². The molecule has 1 rings (SSSR count). The van der Waals surface area contributed by atoms with Gasteiger partial charge in [0, 0.05) is 0 Å². The van der Waals surface area contributed by atoms with Crippen LogP contribution in [0.1, 0.15) is 19.3 Å². The molecule has 1 aliphatic carbocycles. The highest BCUT2D eigenvalue weighted by Crippen LogP contribution is 2.16. The Bertz CT molecular complexity index is 138. The lowest BCUT2D eigenvalue weighted by Crippen LogP contribution is -2.12. The van der Waals surface area contributed by atoms with Gasteiger partial charge in [0.1, 0.15) is 0 Å². The van der Waals surface area contributed by atoms with E-state index in [1.807, 2.05) is 6.08 Å². The van der Waals surface area contributed by atoms with E-state index < -0.39 is 5.97 Å². The SMILES string of the molecule is O=C(O)C1C=CCCC1. The van der Waals surface area contributed by atoms with Crippen LogP contribution in [0.5, 0.6) is 0 Å². The molecule has 0 heterocycles. The van der Waals surface area contributed by atoms with E-state index in [0.717, 1.165) is 19.3 Å². The summed E-state index contributed by atoms with van der Waals surface area (Å²) in [5.74, 6) is -0.898. The van der Waals surface area contributed by atoms with Crippen LogP contribution in [0, 0.1) is 5.92 Å². The summed E-state index contributed by atoms with van der Waals surface area (Å²) < 4.78 is 0. The minimum Gasteiger partial charge on any atom is -0.481 e. The molecular formula is C7H10O2. The first-order valence-corrected chi connectivity index (χ1v) is 3.20. The second-order valence-corrected chi connectivity index (χ2v) is 2.30. The van der Waals surface area contributed by atoms with Crippen LogP contribution in [-0.2, 0) is 4.79 Å². The Labute approximate surface area is 54.2 Å². The van der Waals surface area contributed by atoms with Crippen LogP contribution in [0.3, 0.4) is 0 Å². The zero-order chi connectivity index (χ0) is 6.69. The van der Waals surface area contributed by atoms with Gasteiger partial charge in [-0.3, -0.25) is 4.79 Å². The highest BCUT2D eigenvalue weighted by atomic mass is 16.4. The van der Waals surface area contributed by atoms with Crippen LogP contribution in [-0.4, -0.2) is 11.1 Å². The van der Waals surface area contributed by atoms with Crippen LogP contribution in [0.4, 0.5) is 0 Å². The largest absolute Gasteiger partial charge is 0.481 e. The molecule has 1 aliphatic rings. The van der Waals surface area contributed by atoms with Crippen molar-refractivity contribution in [3.05, 3.63) is 12.2 Å². The summed E-state index contributed by atoms with van der Waals surface area (Å²) in [5.41, 5.74) is 0. The maximum Gasteiger partial charge on any atom is 0.310 e. The highest BCUT2D eigenvalue weighted by Gasteiger charge is 2.14. The Balaban J connectivity index is 2.50. The van der Waals surface area contributed by atoms with Gasteiger partial charge in [0.05, 0.1) is 5.92 Å². The van der Waals surface area contributed by atoms with Gasteiger partial charge in [0.15, 0.2) is 0 Å². The van der Waals surface area contributed by atoms with E-state index in [1.165, 1.54) is 0 Å². The van der Waals surface area contributed by atoms with E-state index in [1.54, 1.807) is 6.08 Å². The minimum atomic E-state index is -0.689. The summed E-state index contributed by atoms with van der Waals surface area (Å²) >= 11 is 0. The average molecular weight is 126 g/mol. The first kappa shape index (κ1) is 6.33. The van der Waals surface area contributed by atoms with Crippen LogP contribution < -0.4 is 0 Å². The summed E-state index contributed by atoms with van der Waals surface area (Å²) in [5, 5.41) is 8.49. The number of carbonyl (C=O) groups is 1. The number of allylic oxidation sites excluding steroid dienone is 1. The van der Waals surface area contributed by atoms with Crippen molar-refractivity contribution in [1.29, 1.82) is 0 Å². The molecule has 0 saturated heterocycles. The maximum atomic E-state index is 10.3. The molecule has 1 N–H and O–H groups in total. The Morgan fingerprint density at radius 3 is 2.78 bits per heavy atom. The van der Waals surface area contributed by atoms with Gasteiger partial charge < -0.3 is 5.11 Å². The molecule has 0 aromatic rings. The zero-order valence-corrected chi connectivity index (χ0v) is 5.21. The lowest BCUT2D eigenvalue weighted by Gasteiger charge is -2.09. The van der Waals surface area contributed by atoms with Crippen molar-refractivity contribution >= 4 is 5.97 Å². The van der Waals surface area contributed by atoms with Crippen molar-refractivity contribution in [2.24, 2.45) is 5.92 Å². The van der Waals surface area contributed by atoms with Gasteiger partial charge in [-0.1, -0.05) is 12.2 Å². The fourth-order valence-electron chi connectivity index (χ4n) is 1.02. The quantitative estimate of drug-likeness (QED) is 0.539. The summed E-state index contributed by atoms with van der Waals surface area (Å²) in [4.78, 5) is 10.3. The van der Waals surface area contributed by atoms with Gasteiger partial charge in [0.25, 0.3) is 0 Å². The molecule has 0 amide bonds. The van der Waals surface area contributed by atoms with Crippen LogP contribution in [0.15, 0.2) is 12.2 Å². The van der Waals surface area contributed by atoms with Gasteiger partial charge >= 0.3 is 5.97 Å². The summed E-state index contributed by atoms with van der Waals surface area (Å²) in [6.45, 7) is 0. The Kier molecular flexibility index (Phi) is 1.88. The lowest BCUT2D eigenvalue weighted by molar-refractivity contribution is -0.140. The van der Waals surface area contributed by atoms with Gasteiger partial charge in [-0.05, 0) is 19.3 Å². The van der Waals surface area contributed by atoms with Crippen molar-refractivity contribution in [1.82, 2.24) is 0 Å². The molecule has 0 aliphatic heterocycles. The van der Waals surface area contributed by atoms with Crippen LogP contribution in [0.2, 0.25) is 0 Å².